The van der Waals surface area contributed by atoms with Crippen LogP contribution in [0.5, 0.6) is 0 Å². The summed E-state index contributed by atoms with van der Waals surface area (Å²) >= 11 is 0. The molecule has 0 radical (unpaired) electrons. The maximum atomic E-state index is 5.42. The Bertz CT molecular complexity index is 124. The second-order valence-corrected chi connectivity index (χ2v) is 4.07. The first-order chi connectivity index (χ1) is 6.51. The van der Waals surface area contributed by atoms with Crippen LogP contribution in [0.1, 0.15) is 0 Å². The standard InChI is InChI=1S/C10H24N2O2/c1-11(2)7-9(13-5)10(14-6)8-12(3)4/h9-10H,7-8H2,1-6H3/t9-,10+. The summed E-state index contributed by atoms with van der Waals surface area (Å²) in [4.78, 5) is 4.21. The Hall–Kier alpha value is -0.160. The van der Waals surface area contributed by atoms with Crippen molar-refractivity contribution in [1.82, 2.24) is 9.80 Å². The fourth-order valence-corrected chi connectivity index (χ4v) is 1.41. The minimum absolute atomic E-state index is 0.123. The Morgan fingerprint density at radius 2 is 1.07 bits per heavy atom. The van der Waals surface area contributed by atoms with Gasteiger partial charge in [0.05, 0.1) is 12.2 Å². The molecule has 0 N–H and O–H groups in total. The zero-order chi connectivity index (χ0) is 11.1. The van der Waals surface area contributed by atoms with Gasteiger partial charge in [-0.15, -0.1) is 0 Å². The number of hydrogen-bond donors (Lipinski definition) is 0. The largest absolute Gasteiger partial charge is 0.377 e. The van der Waals surface area contributed by atoms with E-state index in [0.717, 1.165) is 13.1 Å². The Morgan fingerprint density at radius 1 is 0.786 bits per heavy atom. The molecule has 14 heavy (non-hydrogen) atoms. The van der Waals surface area contributed by atoms with Gasteiger partial charge in [0, 0.05) is 27.3 Å². The maximum absolute atomic E-state index is 5.42. The molecule has 4 nitrogen and oxygen atoms in total. The van der Waals surface area contributed by atoms with Crippen molar-refractivity contribution in [3.8, 4) is 0 Å². The van der Waals surface area contributed by atoms with Crippen molar-refractivity contribution in [2.75, 3.05) is 55.5 Å². The second kappa shape index (κ2) is 7.17. The second-order valence-electron chi connectivity index (χ2n) is 4.07. The minimum Gasteiger partial charge on any atom is -0.377 e. The first-order valence-electron chi connectivity index (χ1n) is 4.86. The molecule has 86 valence electrons. The number of likely N-dealkylation sites (N-methyl/N-ethyl adjacent to an activating group) is 2. The van der Waals surface area contributed by atoms with Gasteiger partial charge in [-0.2, -0.15) is 0 Å². The molecule has 0 rings (SSSR count). The highest BCUT2D eigenvalue weighted by Gasteiger charge is 2.21. The number of ether oxygens (including phenoxy) is 2. The SMILES string of the molecule is CO[C@@H](CN(C)C)[C@@H](CN(C)C)OC. The topological polar surface area (TPSA) is 24.9 Å². The molecule has 0 aliphatic rings. The Balaban J connectivity index is 4.14. The summed E-state index contributed by atoms with van der Waals surface area (Å²) in [5, 5.41) is 0. The van der Waals surface area contributed by atoms with Crippen molar-refractivity contribution in [2.45, 2.75) is 12.2 Å². The molecule has 0 aromatic rings. The molecular formula is C10H24N2O2. The lowest BCUT2D eigenvalue weighted by molar-refractivity contribution is -0.0539. The van der Waals surface area contributed by atoms with Crippen LogP contribution in [0.4, 0.5) is 0 Å². The first-order valence-corrected chi connectivity index (χ1v) is 4.86. The van der Waals surface area contributed by atoms with Crippen molar-refractivity contribution in [3.05, 3.63) is 0 Å². The van der Waals surface area contributed by atoms with Gasteiger partial charge in [-0.1, -0.05) is 0 Å². The van der Waals surface area contributed by atoms with E-state index in [1.807, 2.05) is 28.2 Å². The molecular weight excluding hydrogens is 180 g/mol. The molecule has 0 unspecified atom stereocenters. The van der Waals surface area contributed by atoms with E-state index in [4.69, 9.17) is 9.47 Å². The van der Waals surface area contributed by atoms with Gasteiger partial charge in [-0.3, -0.25) is 0 Å². The normalized spacial score (nSPS) is 16.3. The molecule has 0 bridgehead atoms. The first kappa shape index (κ1) is 13.8. The summed E-state index contributed by atoms with van der Waals surface area (Å²) in [6, 6.07) is 0. The summed E-state index contributed by atoms with van der Waals surface area (Å²) in [5.74, 6) is 0. The lowest BCUT2D eigenvalue weighted by Crippen LogP contribution is -2.43. The van der Waals surface area contributed by atoms with Crippen molar-refractivity contribution >= 4 is 0 Å². The lowest BCUT2D eigenvalue weighted by Gasteiger charge is -2.29. The molecule has 0 aliphatic heterocycles. The Kier molecular flexibility index (Phi) is 7.09. The molecule has 0 amide bonds. The van der Waals surface area contributed by atoms with Crippen LogP contribution in [-0.2, 0) is 9.47 Å². The summed E-state index contributed by atoms with van der Waals surface area (Å²) in [6.45, 7) is 1.76. The number of methoxy groups -OCH3 is 2. The van der Waals surface area contributed by atoms with Crippen LogP contribution in [0.15, 0.2) is 0 Å². The van der Waals surface area contributed by atoms with Crippen LogP contribution in [0.3, 0.4) is 0 Å². The summed E-state index contributed by atoms with van der Waals surface area (Å²) in [7, 11) is 11.6. The zero-order valence-corrected chi connectivity index (χ0v) is 10.3. The maximum Gasteiger partial charge on any atom is 0.0971 e. The third-order valence-corrected chi connectivity index (χ3v) is 2.11. The quantitative estimate of drug-likeness (QED) is 0.589. The van der Waals surface area contributed by atoms with E-state index < -0.39 is 0 Å². The smallest absolute Gasteiger partial charge is 0.0971 e. The predicted octanol–water partition coefficient (Wildman–Crippen LogP) is 0.140. The van der Waals surface area contributed by atoms with E-state index in [0.29, 0.717) is 0 Å². The lowest BCUT2D eigenvalue weighted by atomic mass is 10.2. The van der Waals surface area contributed by atoms with E-state index in [-0.39, 0.29) is 12.2 Å². The Labute approximate surface area is 87.8 Å². The van der Waals surface area contributed by atoms with Gasteiger partial charge in [-0.25, -0.2) is 0 Å². The fourth-order valence-electron chi connectivity index (χ4n) is 1.41. The van der Waals surface area contributed by atoms with Crippen LogP contribution in [0, 0.1) is 0 Å². The van der Waals surface area contributed by atoms with E-state index in [1.54, 1.807) is 14.2 Å². The fraction of sp³-hybridized carbons (Fsp3) is 1.00. The van der Waals surface area contributed by atoms with Gasteiger partial charge >= 0.3 is 0 Å². The van der Waals surface area contributed by atoms with Gasteiger partial charge in [0.2, 0.25) is 0 Å². The van der Waals surface area contributed by atoms with Crippen molar-refractivity contribution in [3.63, 3.8) is 0 Å². The van der Waals surface area contributed by atoms with E-state index in [1.165, 1.54) is 0 Å². The molecule has 0 fully saturated rings. The highest BCUT2D eigenvalue weighted by Crippen LogP contribution is 2.05. The van der Waals surface area contributed by atoms with Gasteiger partial charge in [0.25, 0.3) is 0 Å². The minimum atomic E-state index is 0.123. The molecule has 0 saturated heterocycles. The van der Waals surface area contributed by atoms with Crippen LogP contribution < -0.4 is 0 Å². The monoisotopic (exact) mass is 204 g/mol. The summed E-state index contributed by atoms with van der Waals surface area (Å²) < 4.78 is 10.8. The molecule has 2 atom stereocenters. The average Bonchev–Trinajstić information content (AvgIpc) is 2.10. The van der Waals surface area contributed by atoms with Crippen LogP contribution in [-0.4, -0.2) is 77.5 Å². The van der Waals surface area contributed by atoms with Crippen molar-refractivity contribution in [1.29, 1.82) is 0 Å². The van der Waals surface area contributed by atoms with Crippen LogP contribution >= 0.6 is 0 Å². The van der Waals surface area contributed by atoms with E-state index >= 15 is 0 Å². The predicted molar refractivity (Wildman–Crippen MR) is 58.7 cm³/mol. The average molecular weight is 204 g/mol. The van der Waals surface area contributed by atoms with E-state index in [9.17, 15) is 0 Å². The van der Waals surface area contributed by atoms with Gasteiger partial charge < -0.3 is 19.3 Å². The molecule has 0 aromatic carbocycles. The molecule has 0 heterocycles. The molecule has 4 heteroatoms. The van der Waals surface area contributed by atoms with E-state index in [2.05, 4.69) is 9.80 Å². The summed E-state index contributed by atoms with van der Waals surface area (Å²) in [6.07, 6.45) is 0.245. The number of hydrogen-bond acceptors (Lipinski definition) is 4. The molecule has 0 aliphatic carbocycles. The highest BCUT2D eigenvalue weighted by atomic mass is 16.5. The third-order valence-electron chi connectivity index (χ3n) is 2.11. The molecule has 0 spiro atoms. The molecule has 0 aromatic heterocycles. The Morgan fingerprint density at radius 3 is 1.21 bits per heavy atom. The third kappa shape index (κ3) is 5.54. The van der Waals surface area contributed by atoms with Crippen molar-refractivity contribution in [2.24, 2.45) is 0 Å². The van der Waals surface area contributed by atoms with Gasteiger partial charge in [0.1, 0.15) is 0 Å². The van der Waals surface area contributed by atoms with Crippen LogP contribution in [0.2, 0.25) is 0 Å². The highest BCUT2D eigenvalue weighted by molar-refractivity contribution is 4.74. The number of nitrogens with zero attached hydrogens (tertiary/aromatic N) is 2. The van der Waals surface area contributed by atoms with Crippen LogP contribution in [0.25, 0.3) is 0 Å². The number of rotatable bonds is 7. The van der Waals surface area contributed by atoms with Crippen molar-refractivity contribution < 1.29 is 9.47 Å². The van der Waals surface area contributed by atoms with Gasteiger partial charge in [0.15, 0.2) is 0 Å². The molecule has 0 saturated carbocycles. The van der Waals surface area contributed by atoms with Gasteiger partial charge in [-0.05, 0) is 28.2 Å². The summed E-state index contributed by atoms with van der Waals surface area (Å²) in [5.41, 5.74) is 0. The zero-order valence-electron chi connectivity index (χ0n) is 10.3.